The Morgan fingerprint density at radius 1 is 1.26 bits per heavy atom. The average Bonchev–Trinajstić information content (AvgIpc) is 3.33. The molecule has 0 bridgehead atoms. The van der Waals surface area contributed by atoms with Gasteiger partial charge in [-0.3, -0.25) is 4.79 Å². The summed E-state index contributed by atoms with van der Waals surface area (Å²) in [4.78, 5) is 17.1. The van der Waals surface area contributed by atoms with Crippen molar-refractivity contribution in [3.8, 4) is 11.5 Å². The second kappa shape index (κ2) is 8.46. The molecule has 3 heterocycles. The normalized spacial score (nSPS) is 11.5. The standard InChI is InChI=1S/C20H13Br2F3N4O2/c1-9-17-11(19(24)25)7-14(15-3-2-4-31-15)26-20(17)29(28-9)8-16(30)27-18-12(21)5-10(23)6-13(18)22/h2-7,19H,8H2,1H3,(H,27,30). The van der Waals surface area contributed by atoms with Crippen molar-refractivity contribution >= 4 is 54.5 Å². The van der Waals surface area contributed by atoms with Crippen LogP contribution >= 0.6 is 31.9 Å². The van der Waals surface area contributed by atoms with Crippen molar-refractivity contribution in [1.82, 2.24) is 14.8 Å². The summed E-state index contributed by atoms with van der Waals surface area (Å²) in [6.45, 7) is 1.28. The van der Waals surface area contributed by atoms with Gasteiger partial charge in [0.2, 0.25) is 5.91 Å². The van der Waals surface area contributed by atoms with Gasteiger partial charge in [0.15, 0.2) is 11.4 Å². The highest BCUT2D eigenvalue weighted by Crippen LogP contribution is 2.34. The molecule has 1 aromatic carbocycles. The minimum atomic E-state index is -2.77. The maximum Gasteiger partial charge on any atom is 0.264 e. The number of amides is 1. The van der Waals surface area contributed by atoms with Crippen molar-refractivity contribution in [1.29, 1.82) is 0 Å². The highest BCUT2D eigenvalue weighted by atomic mass is 79.9. The molecule has 11 heteroatoms. The zero-order valence-electron chi connectivity index (χ0n) is 15.8. The molecule has 3 aromatic heterocycles. The Bertz CT molecular complexity index is 1270. The van der Waals surface area contributed by atoms with Crippen LogP contribution in [0.15, 0.2) is 50.0 Å². The predicted octanol–water partition coefficient (Wildman–Crippen LogP) is 6.24. The maximum absolute atomic E-state index is 13.8. The third-order valence-electron chi connectivity index (χ3n) is 4.48. The molecule has 4 aromatic rings. The van der Waals surface area contributed by atoms with E-state index in [-0.39, 0.29) is 28.8 Å². The fourth-order valence-corrected chi connectivity index (χ4v) is 4.53. The molecule has 0 saturated carbocycles. The molecule has 0 unspecified atom stereocenters. The quantitative estimate of drug-likeness (QED) is 0.315. The SMILES string of the molecule is Cc1nn(CC(=O)Nc2c(Br)cc(F)cc2Br)c2nc(-c3ccco3)cc(C(F)F)c12. The van der Waals surface area contributed by atoms with E-state index in [0.29, 0.717) is 26.1 Å². The molecule has 1 N–H and O–H groups in total. The lowest BCUT2D eigenvalue weighted by molar-refractivity contribution is -0.116. The van der Waals surface area contributed by atoms with E-state index >= 15 is 0 Å². The minimum absolute atomic E-state index is 0.133. The molecule has 0 aliphatic rings. The number of furan rings is 1. The number of nitrogens with one attached hydrogen (secondary N) is 1. The Morgan fingerprint density at radius 2 is 1.97 bits per heavy atom. The summed E-state index contributed by atoms with van der Waals surface area (Å²) in [5.74, 6) is -0.668. The predicted molar refractivity (Wildman–Crippen MR) is 115 cm³/mol. The summed E-state index contributed by atoms with van der Waals surface area (Å²) >= 11 is 6.40. The van der Waals surface area contributed by atoms with E-state index in [1.165, 1.54) is 29.1 Å². The van der Waals surface area contributed by atoms with Gasteiger partial charge in [0, 0.05) is 14.5 Å². The van der Waals surface area contributed by atoms with E-state index < -0.39 is 18.1 Å². The Labute approximate surface area is 190 Å². The van der Waals surface area contributed by atoms with Crippen LogP contribution in [0.3, 0.4) is 0 Å². The van der Waals surface area contributed by atoms with Gasteiger partial charge in [0.05, 0.1) is 23.0 Å². The Balaban J connectivity index is 1.73. The molecule has 0 spiro atoms. The summed E-state index contributed by atoms with van der Waals surface area (Å²) in [6.07, 6.45) is -1.35. The van der Waals surface area contributed by atoms with E-state index in [1.807, 2.05) is 0 Å². The number of anilines is 1. The van der Waals surface area contributed by atoms with Crippen molar-refractivity contribution in [3.63, 3.8) is 0 Å². The van der Waals surface area contributed by atoms with Crippen LogP contribution in [0.1, 0.15) is 17.7 Å². The minimum Gasteiger partial charge on any atom is -0.463 e. The largest absolute Gasteiger partial charge is 0.463 e. The lowest BCUT2D eigenvalue weighted by atomic mass is 10.1. The van der Waals surface area contributed by atoms with Gasteiger partial charge in [0.1, 0.15) is 18.1 Å². The van der Waals surface area contributed by atoms with Crippen molar-refractivity contribution in [2.45, 2.75) is 19.9 Å². The number of aromatic nitrogens is 3. The number of hydrogen-bond donors (Lipinski definition) is 1. The van der Waals surface area contributed by atoms with Gasteiger partial charge in [-0.1, -0.05) is 0 Å². The number of hydrogen-bond acceptors (Lipinski definition) is 4. The molecule has 160 valence electrons. The number of alkyl halides is 2. The number of pyridine rings is 1. The fraction of sp³-hybridized carbons (Fsp3) is 0.150. The van der Waals surface area contributed by atoms with Gasteiger partial charge in [-0.15, -0.1) is 0 Å². The van der Waals surface area contributed by atoms with Gasteiger partial charge in [-0.05, 0) is 69.1 Å². The monoisotopic (exact) mass is 556 g/mol. The first-order chi connectivity index (χ1) is 14.7. The van der Waals surface area contributed by atoms with Gasteiger partial charge in [-0.2, -0.15) is 5.10 Å². The number of fused-ring (bicyclic) bond motifs is 1. The van der Waals surface area contributed by atoms with Crippen LogP contribution in [-0.2, 0) is 11.3 Å². The van der Waals surface area contributed by atoms with Crippen LogP contribution in [0, 0.1) is 12.7 Å². The highest BCUT2D eigenvalue weighted by Gasteiger charge is 2.23. The number of rotatable bonds is 5. The lowest BCUT2D eigenvalue weighted by Gasteiger charge is -2.11. The average molecular weight is 558 g/mol. The van der Waals surface area contributed by atoms with E-state index in [1.54, 1.807) is 19.1 Å². The van der Waals surface area contributed by atoms with Crippen molar-refractivity contribution in [2.24, 2.45) is 0 Å². The van der Waals surface area contributed by atoms with E-state index in [0.717, 1.165) is 0 Å². The van der Waals surface area contributed by atoms with E-state index in [9.17, 15) is 18.0 Å². The van der Waals surface area contributed by atoms with Crippen molar-refractivity contribution in [2.75, 3.05) is 5.32 Å². The molecule has 1 amide bonds. The summed E-state index contributed by atoms with van der Waals surface area (Å²) < 4.78 is 48.2. The second-order valence-electron chi connectivity index (χ2n) is 6.61. The zero-order valence-corrected chi connectivity index (χ0v) is 19.0. The van der Waals surface area contributed by atoms with Crippen LogP contribution < -0.4 is 5.32 Å². The second-order valence-corrected chi connectivity index (χ2v) is 8.32. The molecular weight excluding hydrogens is 545 g/mol. The van der Waals surface area contributed by atoms with Gasteiger partial charge in [-0.25, -0.2) is 22.8 Å². The first-order valence-corrected chi connectivity index (χ1v) is 10.5. The molecule has 0 fully saturated rings. The molecular formula is C20H13Br2F3N4O2. The molecule has 0 atom stereocenters. The number of carbonyl (C=O) groups excluding carboxylic acids is 1. The first kappa shape index (κ1) is 21.6. The highest BCUT2D eigenvalue weighted by molar-refractivity contribution is 9.11. The molecule has 4 rings (SSSR count). The number of nitrogens with zero attached hydrogens (tertiary/aromatic N) is 3. The third-order valence-corrected chi connectivity index (χ3v) is 5.73. The number of aryl methyl sites for hydroxylation is 1. The Kier molecular flexibility index (Phi) is 5.89. The van der Waals surface area contributed by atoms with Gasteiger partial charge < -0.3 is 9.73 Å². The number of carbonyl (C=O) groups is 1. The van der Waals surface area contributed by atoms with Crippen LogP contribution in [0.5, 0.6) is 0 Å². The summed E-state index contributed by atoms with van der Waals surface area (Å²) in [7, 11) is 0. The molecule has 0 radical (unpaired) electrons. The summed E-state index contributed by atoms with van der Waals surface area (Å²) in [6, 6.07) is 6.91. The lowest BCUT2D eigenvalue weighted by Crippen LogP contribution is -2.20. The molecule has 0 saturated heterocycles. The molecule has 31 heavy (non-hydrogen) atoms. The topological polar surface area (TPSA) is 73.0 Å². The molecule has 0 aliphatic carbocycles. The van der Waals surface area contributed by atoms with Gasteiger partial charge >= 0.3 is 0 Å². The van der Waals surface area contributed by atoms with Crippen LogP contribution in [-0.4, -0.2) is 20.7 Å². The fourth-order valence-electron chi connectivity index (χ4n) is 3.20. The number of halogens is 5. The zero-order chi connectivity index (χ0) is 22.3. The van der Waals surface area contributed by atoms with Crippen molar-refractivity contribution < 1.29 is 22.4 Å². The van der Waals surface area contributed by atoms with Crippen molar-refractivity contribution in [3.05, 3.63) is 62.6 Å². The first-order valence-electron chi connectivity index (χ1n) is 8.89. The number of benzene rings is 1. The van der Waals surface area contributed by atoms with Crippen LogP contribution in [0.4, 0.5) is 18.9 Å². The molecule has 6 nitrogen and oxygen atoms in total. The van der Waals surface area contributed by atoms with Crippen LogP contribution in [0.25, 0.3) is 22.5 Å². The molecule has 0 aliphatic heterocycles. The maximum atomic E-state index is 13.8. The van der Waals surface area contributed by atoms with Gasteiger partial charge in [0.25, 0.3) is 6.43 Å². The third kappa shape index (κ3) is 4.24. The smallest absolute Gasteiger partial charge is 0.264 e. The van der Waals surface area contributed by atoms with Crippen LogP contribution in [0.2, 0.25) is 0 Å². The Morgan fingerprint density at radius 3 is 2.58 bits per heavy atom. The Hall–Kier alpha value is -2.66. The summed E-state index contributed by atoms with van der Waals surface area (Å²) in [5.41, 5.74) is 0.745. The summed E-state index contributed by atoms with van der Waals surface area (Å²) in [5, 5.41) is 7.08. The van der Waals surface area contributed by atoms with E-state index in [4.69, 9.17) is 4.42 Å². The van der Waals surface area contributed by atoms with E-state index in [2.05, 4.69) is 47.3 Å².